The van der Waals surface area contributed by atoms with Gasteiger partial charge in [0.15, 0.2) is 6.20 Å². The molecule has 1 heterocycles. The van der Waals surface area contributed by atoms with Gasteiger partial charge in [-0.2, -0.15) is 0 Å². The van der Waals surface area contributed by atoms with Gasteiger partial charge in [0.1, 0.15) is 12.3 Å². The molecule has 0 aromatic heterocycles. The van der Waals surface area contributed by atoms with Gasteiger partial charge in [0.05, 0.1) is 12.2 Å². The third-order valence-corrected chi connectivity index (χ3v) is 0.517. The summed E-state index contributed by atoms with van der Waals surface area (Å²) in [6, 6.07) is 0. The molecule has 1 rings (SSSR count). The van der Waals surface area contributed by atoms with Crippen LogP contribution in [0.25, 0.3) is 0 Å². The number of rotatable bonds is 0. The Bertz CT molecular complexity index is 140. The van der Waals surface area contributed by atoms with Crippen LogP contribution in [0.15, 0.2) is 23.2 Å². The second-order valence-corrected chi connectivity index (χ2v) is 1.45. The van der Waals surface area contributed by atoms with Crippen LogP contribution in [-0.2, 0) is 0 Å². The summed E-state index contributed by atoms with van der Waals surface area (Å²) in [5.41, 5.74) is 0. The minimum absolute atomic E-state index is 1.69. The molecular weight excluding hydrogens is 161 g/mol. The zero-order valence-corrected chi connectivity index (χ0v) is 5.35. The summed E-state index contributed by atoms with van der Waals surface area (Å²) < 4.78 is 39.0. The van der Waals surface area contributed by atoms with Gasteiger partial charge < -0.3 is 17.3 Å². The quantitative estimate of drug-likeness (QED) is 0.296. The molecule has 60 valence electrons. The first kappa shape index (κ1) is 9.84. The molecule has 0 aromatic rings. The van der Waals surface area contributed by atoms with Crippen molar-refractivity contribution in [1.82, 2.24) is 0 Å². The van der Waals surface area contributed by atoms with Crippen LogP contribution in [0.1, 0.15) is 0 Å². The molecule has 0 N–H and O–H groups in total. The predicted octanol–water partition coefficient (Wildman–Crippen LogP) is 2.24. The second-order valence-electron chi connectivity index (χ2n) is 1.45. The molecule has 1 aliphatic heterocycles. The van der Waals surface area contributed by atoms with Crippen LogP contribution >= 0.6 is 0 Å². The first-order valence-corrected chi connectivity index (χ1v) is 2.64. The summed E-state index contributed by atoms with van der Waals surface area (Å²) in [5, 5.41) is 0. The fourth-order valence-electron chi connectivity index (χ4n) is 0.277. The SMILES string of the molecule is F[B-](F)(F)F.[C+]1=CC=CC=N1. The van der Waals surface area contributed by atoms with E-state index >= 15 is 0 Å². The van der Waals surface area contributed by atoms with Crippen molar-refractivity contribution in [2.75, 3.05) is 0 Å². The van der Waals surface area contributed by atoms with Crippen LogP contribution in [0.3, 0.4) is 0 Å². The van der Waals surface area contributed by atoms with Gasteiger partial charge in [0.25, 0.3) is 0 Å². The summed E-state index contributed by atoms with van der Waals surface area (Å²) in [7, 11) is -6.00. The number of hydrogen-bond acceptors (Lipinski definition) is 1. The van der Waals surface area contributed by atoms with E-state index in [1.807, 2.05) is 12.2 Å². The van der Waals surface area contributed by atoms with E-state index in [9.17, 15) is 17.3 Å². The largest absolute Gasteiger partial charge is 0.673 e. The molecular formula is C5H4BF4N. The van der Waals surface area contributed by atoms with Gasteiger partial charge in [-0.1, -0.05) is 4.99 Å². The smallest absolute Gasteiger partial charge is 0.418 e. The van der Waals surface area contributed by atoms with Crippen LogP contribution in [0.4, 0.5) is 17.3 Å². The Balaban J connectivity index is 0.000000187. The predicted molar refractivity (Wildman–Crippen MR) is 35.6 cm³/mol. The Labute approximate surface area is 61.2 Å². The van der Waals surface area contributed by atoms with Crippen LogP contribution in [-0.4, -0.2) is 13.5 Å². The molecule has 0 unspecified atom stereocenters. The molecule has 0 saturated carbocycles. The van der Waals surface area contributed by atoms with Crippen molar-refractivity contribution < 1.29 is 17.3 Å². The highest BCUT2D eigenvalue weighted by atomic mass is 19.5. The maximum absolute atomic E-state index is 9.75. The molecule has 1 nitrogen and oxygen atoms in total. The average molecular weight is 165 g/mol. The van der Waals surface area contributed by atoms with Gasteiger partial charge in [-0.05, 0) is 0 Å². The lowest BCUT2D eigenvalue weighted by Crippen LogP contribution is -2.02. The van der Waals surface area contributed by atoms with E-state index in [1.54, 1.807) is 12.3 Å². The molecule has 0 radical (unpaired) electrons. The van der Waals surface area contributed by atoms with Gasteiger partial charge in [-0.15, -0.1) is 0 Å². The molecule has 0 aromatic carbocycles. The van der Waals surface area contributed by atoms with Gasteiger partial charge in [0, 0.05) is 0 Å². The molecule has 0 amide bonds. The van der Waals surface area contributed by atoms with E-state index < -0.39 is 7.25 Å². The van der Waals surface area contributed by atoms with Crippen LogP contribution in [0, 0.1) is 6.20 Å². The van der Waals surface area contributed by atoms with E-state index in [0.29, 0.717) is 0 Å². The molecule has 0 bridgehead atoms. The molecule has 11 heavy (non-hydrogen) atoms. The number of aliphatic imine (C=N–C) groups is 1. The third-order valence-electron chi connectivity index (χ3n) is 0.517. The van der Waals surface area contributed by atoms with Gasteiger partial charge in [-0.25, -0.2) is 0 Å². The first-order chi connectivity index (χ1) is 5.00. The van der Waals surface area contributed by atoms with E-state index in [1.165, 1.54) is 0 Å². The zero-order chi connectivity index (χ0) is 8.74. The fraction of sp³-hybridized carbons (Fsp3) is 0. The van der Waals surface area contributed by atoms with Crippen LogP contribution in [0.2, 0.25) is 0 Å². The fourth-order valence-corrected chi connectivity index (χ4v) is 0.277. The van der Waals surface area contributed by atoms with E-state index in [0.717, 1.165) is 0 Å². The van der Waals surface area contributed by atoms with E-state index in [2.05, 4.69) is 11.2 Å². The van der Waals surface area contributed by atoms with Crippen molar-refractivity contribution in [2.24, 2.45) is 4.99 Å². The first-order valence-electron chi connectivity index (χ1n) is 2.64. The molecule has 0 fully saturated rings. The van der Waals surface area contributed by atoms with Crippen LogP contribution in [0.5, 0.6) is 0 Å². The highest BCUT2D eigenvalue weighted by Crippen LogP contribution is 2.06. The lowest BCUT2D eigenvalue weighted by molar-refractivity contribution is 0.368. The third kappa shape index (κ3) is 17.7. The Morgan fingerprint density at radius 1 is 1.09 bits per heavy atom. The maximum atomic E-state index is 9.75. The van der Waals surface area contributed by atoms with Crippen molar-refractivity contribution in [3.8, 4) is 0 Å². The molecule has 0 spiro atoms. The summed E-state index contributed by atoms with van der Waals surface area (Å²) in [5.74, 6) is 0. The lowest BCUT2D eigenvalue weighted by atomic mass is 10.3. The number of halogens is 4. The Morgan fingerprint density at radius 2 is 1.64 bits per heavy atom. The highest BCUT2D eigenvalue weighted by Gasteiger charge is 2.20. The van der Waals surface area contributed by atoms with Crippen molar-refractivity contribution in [1.29, 1.82) is 0 Å². The van der Waals surface area contributed by atoms with E-state index in [4.69, 9.17) is 0 Å². The highest BCUT2D eigenvalue weighted by molar-refractivity contribution is 6.50. The summed E-state index contributed by atoms with van der Waals surface area (Å²) in [6.45, 7) is 0. The summed E-state index contributed by atoms with van der Waals surface area (Å²) >= 11 is 0. The Kier molecular flexibility index (Phi) is 4.14. The minimum atomic E-state index is -6.00. The number of allylic oxidation sites excluding steroid dienone is 3. The molecule has 6 heteroatoms. The maximum Gasteiger partial charge on any atom is 0.673 e. The monoisotopic (exact) mass is 165 g/mol. The summed E-state index contributed by atoms with van der Waals surface area (Å²) in [6.07, 6.45) is 9.84. The van der Waals surface area contributed by atoms with Crippen molar-refractivity contribution in [2.45, 2.75) is 0 Å². The average Bonchev–Trinajstić information content (AvgIpc) is 1.88. The molecule has 1 aliphatic rings. The van der Waals surface area contributed by atoms with E-state index in [-0.39, 0.29) is 0 Å². The van der Waals surface area contributed by atoms with Gasteiger partial charge >= 0.3 is 7.25 Å². The number of nitrogens with zero attached hydrogens (tertiary/aromatic N) is 1. The Morgan fingerprint density at radius 3 is 1.73 bits per heavy atom. The van der Waals surface area contributed by atoms with Crippen molar-refractivity contribution >= 4 is 13.5 Å². The zero-order valence-electron chi connectivity index (χ0n) is 5.35. The topological polar surface area (TPSA) is 12.4 Å². The Hall–Kier alpha value is -1.16. The number of hydrogen-bond donors (Lipinski definition) is 0. The van der Waals surface area contributed by atoms with Crippen molar-refractivity contribution in [3.05, 3.63) is 24.4 Å². The van der Waals surface area contributed by atoms with Gasteiger partial charge in [0.2, 0.25) is 0 Å². The standard InChI is InChI=1S/C5H4N.BF4/c1-2-4-6-5-3-1;2-1(3,4)5/h1-4H;/q+1;-1. The molecule has 0 atom stereocenters. The summed E-state index contributed by atoms with van der Waals surface area (Å²) in [4.78, 5) is 3.66. The normalized spacial score (nSPS) is 13.5. The van der Waals surface area contributed by atoms with Crippen molar-refractivity contribution in [3.63, 3.8) is 0 Å². The molecule has 0 aliphatic carbocycles. The van der Waals surface area contributed by atoms with Crippen LogP contribution < -0.4 is 0 Å². The second kappa shape index (κ2) is 4.63. The molecule has 0 saturated heterocycles. The van der Waals surface area contributed by atoms with Gasteiger partial charge in [-0.3, -0.25) is 0 Å². The minimum Gasteiger partial charge on any atom is -0.418 e. The lowest BCUT2D eigenvalue weighted by Gasteiger charge is -1.94.